The zero-order valence-electron chi connectivity index (χ0n) is 11.8. The van der Waals surface area contributed by atoms with Crippen molar-refractivity contribution in [1.29, 1.82) is 0 Å². The van der Waals surface area contributed by atoms with Crippen molar-refractivity contribution < 1.29 is 14.4 Å². The van der Waals surface area contributed by atoms with E-state index in [1.165, 1.54) is 19.9 Å². The standard InChI is InChI=1S/C15H17N3O3/c1-18-14(20)11-5-4-10(6-12(11)15(18)21)16-8-13(19)17-7-9-2-3-9/h4-6,9,16H,2-3,7-8H2,1H3,(H,17,19). The first-order chi connectivity index (χ1) is 10.1. The highest BCUT2D eigenvalue weighted by Gasteiger charge is 2.32. The smallest absolute Gasteiger partial charge is 0.261 e. The van der Waals surface area contributed by atoms with Crippen LogP contribution in [0.4, 0.5) is 5.69 Å². The van der Waals surface area contributed by atoms with Crippen molar-refractivity contribution in [3.05, 3.63) is 29.3 Å². The number of amides is 3. The Morgan fingerprint density at radius 1 is 1.24 bits per heavy atom. The van der Waals surface area contributed by atoms with Crippen molar-refractivity contribution >= 4 is 23.4 Å². The van der Waals surface area contributed by atoms with E-state index in [4.69, 9.17) is 0 Å². The summed E-state index contributed by atoms with van der Waals surface area (Å²) >= 11 is 0. The van der Waals surface area contributed by atoms with Crippen LogP contribution in [-0.4, -0.2) is 42.8 Å². The molecule has 1 aliphatic carbocycles. The van der Waals surface area contributed by atoms with E-state index >= 15 is 0 Å². The quantitative estimate of drug-likeness (QED) is 0.787. The zero-order valence-corrected chi connectivity index (χ0v) is 11.8. The lowest BCUT2D eigenvalue weighted by Gasteiger charge is -2.08. The Balaban J connectivity index is 1.61. The van der Waals surface area contributed by atoms with Gasteiger partial charge >= 0.3 is 0 Å². The summed E-state index contributed by atoms with van der Waals surface area (Å²) in [6.07, 6.45) is 2.39. The Kier molecular flexibility index (Phi) is 3.37. The van der Waals surface area contributed by atoms with E-state index in [0.29, 0.717) is 22.7 Å². The minimum atomic E-state index is -0.308. The first-order valence-electron chi connectivity index (χ1n) is 7.03. The molecule has 6 nitrogen and oxygen atoms in total. The molecule has 2 aliphatic rings. The van der Waals surface area contributed by atoms with Gasteiger partial charge in [0.05, 0.1) is 17.7 Å². The molecule has 6 heteroatoms. The Bertz CT molecular complexity index is 623. The van der Waals surface area contributed by atoms with E-state index in [0.717, 1.165) is 11.4 Å². The molecule has 1 aromatic rings. The summed E-state index contributed by atoms with van der Waals surface area (Å²) in [5.41, 5.74) is 1.45. The number of carbonyl (C=O) groups excluding carboxylic acids is 3. The highest BCUT2D eigenvalue weighted by molar-refractivity contribution is 6.21. The maximum Gasteiger partial charge on any atom is 0.261 e. The molecule has 1 fully saturated rings. The highest BCUT2D eigenvalue weighted by atomic mass is 16.2. The molecule has 21 heavy (non-hydrogen) atoms. The van der Waals surface area contributed by atoms with Gasteiger partial charge in [-0.15, -0.1) is 0 Å². The summed E-state index contributed by atoms with van der Waals surface area (Å²) in [6.45, 7) is 0.895. The monoisotopic (exact) mass is 287 g/mol. The van der Waals surface area contributed by atoms with Gasteiger partial charge in [0.15, 0.2) is 0 Å². The summed E-state index contributed by atoms with van der Waals surface area (Å²) in [5, 5.41) is 5.83. The molecule has 2 N–H and O–H groups in total. The minimum absolute atomic E-state index is 0.0677. The second-order valence-electron chi connectivity index (χ2n) is 5.53. The predicted octanol–water partition coefficient (Wildman–Crippen LogP) is 0.850. The van der Waals surface area contributed by atoms with E-state index in [9.17, 15) is 14.4 Å². The molecule has 1 aromatic carbocycles. The number of anilines is 1. The molecule has 1 saturated carbocycles. The lowest BCUT2D eigenvalue weighted by Crippen LogP contribution is -2.31. The number of rotatable bonds is 5. The zero-order chi connectivity index (χ0) is 15.0. The van der Waals surface area contributed by atoms with E-state index in [1.807, 2.05) is 0 Å². The third-order valence-electron chi connectivity index (χ3n) is 3.83. The lowest BCUT2D eigenvalue weighted by molar-refractivity contribution is -0.119. The van der Waals surface area contributed by atoms with Gasteiger partial charge in [-0.25, -0.2) is 0 Å². The summed E-state index contributed by atoms with van der Waals surface area (Å²) in [7, 11) is 1.46. The SMILES string of the molecule is CN1C(=O)c2ccc(NCC(=O)NCC3CC3)cc2C1=O. The van der Waals surface area contributed by atoms with Gasteiger partial charge in [0, 0.05) is 19.3 Å². The van der Waals surface area contributed by atoms with Gasteiger partial charge in [-0.05, 0) is 37.0 Å². The number of nitrogens with one attached hydrogen (secondary N) is 2. The van der Waals surface area contributed by atoms with Crippen LogP contribution in [0, 0.1) is 5.92 Å². The second-order valence-corrected chi connectivity index (χ2v) is 5.53. The fourth-order valence-corrected chi connectivity index (χ4v) is 2.30. The van der Waals surface area contributed by atoms with Gasteiger partial charge in [-0.3, -0.25) is 19.3 Å². The van der Waals surface area contributed by atoms with Crippen molar-refractivity contribution in [1.82, 2.24) is 10.2 Å². The van der Waals surface area contributed by atoms with Crippen LogP contribution in [0.3, 0.4) is 0 Å². The number of imide groups is 1. The number of carbonyl (C=O) groups is 3. The molecule has 3 rings (SSSR count). The molecule has 110 valence electrons. The molecule has 0 radical (unpaired) electrons. The van der Waals surface area contributed by atoms with Crippen molar-refractivity contribution in [2.45, 2.75) is 12.8 Å². The van der Waals surface area contributed by atoms with Gasteiger partial charge in [-0.1, -0.05) is 0 Å². The molecule has 0 atom stereocenters. The van der Waals surface area contributed by atoms with Crippen molar-refractivity contribution in [2.24, 2.45) is 5.92 Å². The Morgan fingerprint density at radius 3 is 2.67 bits per heavy atom. The molecule has 3 amide bonds. The Labute approximate surface area is 122 Å². The van der Waals surface area contributed by atoms with E-state index in [2.05, 4.69) is 10.6 Å². The average molecular weight is 287 g/mol. The number of hydrogen-bond acceptors (Lipinski definition) is 4. The van der Waals surface area contributed by atoms with Crippen LogP contribution >= 0.6 is 0 Å². The molecule has 0 spiro atoms. The fourth-order valence-electron chi connectivity index (χ4n) is 2.30. The van der Waals surface area contributed by atoms with Crippen LogP contribution in [0.2, 0.25) is 0 Å². The predicted molar refractivity (Wildman–Crippen MR) is 77.1 cm³/mol. The molecule has 1 aliphatic heterocycles. The number of hydrogen-bond donors (Lipinski definition) is 2. The minimum Gasteiger partial charge on any atom is -0.376 e. The number of benzene rings is 1. The molecule has 0 aromatic heterocycles. The fraction of sp³-hybridized carbons (Fsp3) is 0.400. The van der Waals surface area contributed by atoms with Crippen molar-refractivity contribution in [2.75, 3.05) is 25.5 Å². The van der Waals surface area contributed by atoms with Crippen LogP contribution in [0.15, 0.2) is 18.2 Å². The molecule has 0 bridgehead atoms. The van der Waals surface area contributed by atoms with E-state index in [-0.39, 0.29) is 24.3 Å². The van der Waals surface area contributed by atoms with E-state index in [1.54, 1.807) is 18.2 Å². The van der Waals surface area contributed by atoms with Gasteiger partial charge in [0.1, 0.15) is 0 Å². The average Bonchev–Trinajstić information content (AvgIpc) is 3.29. The van der Waals surface area contributed by atoms with Gasteiger partial charge < -0.3 is 10.6 Å². The lowest BCUT2D eigenvalue weighted by atomic mass is 10.1. The van der Waals surface area contributed by atoms with Crippen molar-refractivity contribution in [3.63, 3.8) is 0 Å². The molecular weight excluding hydrogens is 270 g/mol. The summed E-state index contributed by atoms with van der Waals surface area (Å²) in [6, 6.07) is 4.94. The maximum absolute atomic E-state index is 11.9. The largest absolute Gasteiger partial charge is 0.376 e. The highest BCUT2D eigenvalue weighted by Crippen LogP contribution is 2.27. The molecule has 0 saturated heterocycles. The summed E-state index contributed by atoms with van der Waals surface area (Å²) < 4.78 is 0. The second kappa shape index (κ2) is 5.20. The maximum atomic E-state index is 11.9. The van der Waals surface area contributed by atoms with E-state index < -0.39 is 0 Å². The first-order valence-corrected chi connectivity index (χ1v) is 7.03. The summed E-state index contributed by atoms with van der Waals surface area (Å²) in [5.74, 6) is -0.0180. The normalized spacial score (nSPS) is 16.9. The Hall–Kier alpha value is -2.37. The number of nitrogens with zero attached hydrogens (tertiary/aromatic N) is 1. The molecule has 0 unspecified atom stereocenters. The van der Waals surface area contributed by atoms with Gasteiger partial charge in [0.25, 0.3) is 11.8 Å². The van der Waals surface area contributed by atoms with Crippen LogP contribution in [0.25, 0.3) is 0 Å². The first kappa shape index (κ1) is 13.6. The number of fused-ring (bicyclic) bond motifs is 1. The molecular formula is C15H17N3O3. The van der Waals surface area contributed by atoms with Crippen LogP contribution < -0.4 is 10.6 Å². The van der Waals surface area contributed by atoms with Crippen LogP contribution in [0.1, 0.15) is 33.6 Å². The third-order valence-corrected chi connectivity index (χ3v) is 3.83. The topological polar surface area (TPSA) is 78.5 Å². The van der Waals surface area contributed by atoms with Crippen LogP contribution in [0.5, 0.6) is 0 Å². The van der Waals surface area contributed by atoms with Crippen LogP contribution in [-0.2, 0) is 4.79 Å². The van der Waals surface area contributed by atoms with Gasteiger partial charge in [0.2, 0.25) is 5.91 Å². The Morgan fingerprint density at radius 2 is 1.95 bits per heavy atom. The van der Waals surface area contributed by atoms with Crippen molar-refractivity contribution in [3.8, 4) is 0 Å². The van der Waals surface area contributed by atoms with Gasteiger partial charge in [-0.2, -0.15) is 0 Å². The molecule has 1 heterocycles. The summed E-state index contributed by atoms with van der Waals surface area (Å²) in [4.78, 5) is 36.4. The third kappa shape index (κ3) is 2.74.